The summed E-state index contributed by atoms with van der Waals surface area (Å²) in [5.74, 6) is -0.297. The number of carbonyl (C=O) groups is 2. The minimum absolute atomic E-state index is 0.0107. The number of rotatable bonds is 4. The van der Waals surface area contributed by atoms with Gasteiger partial charge in [-0.25, -0.2) is 0 Å². The van der Waals surface area contributed by atoms with Crippen LogP contribution in [0.5, 0.6) is 0 Å². The summed E-state index contributed by atoms with van der Waals surface area (Å²) in [5, 5.41) is 10.8. The van der Waals surface area contributed by atoms with Gasteiger partial charge in [0.05, 0.1) is 10.8 Å². The molecule has 0 radical (unpaired) electrons. The lowest BCUT2D eigenvalue weighted by Crippen LogP contribution is -2.50. The van der Waals surface area contributed by atoms with E-state index in [1.165, 1.54) is 12.1 Å². The molecule has 0 aromatic heterocycles. The van der Waals surface area contributed by atoms with Crippen molar-refractivity contribution in [1.29, 1.82) is 0 Å². The molecule has 2 saturated heterocycles. The van der Waals surface area contributed by atoms with Gasteiger partial charge < -0.3 is 14.7 Å². The van der Waals surface area contributed by atoms with Gasteiger partial charge in [0.25, 0.3) is 5.69 Å². The SMILES string of the molecule is Cc1cccc(N2CC(C(=O)N3CCN(c4ccc([N+](=O)[O-])cc4)CC3)CC2=O)c1. The highest BCUT2D eigenvalue weighted by Crippen LogP contribution is 2.28. The van der Waals surface area contributed by atoms with Crippen LogP contribution in [-0.4, -0.2) is 54.4 Å². The molecule has 2 aliphatic heterocycles. The number of nitrogens with zero attached hydrogens (tertiary/aromatic N) is 4. The Labute approximate surface area is 174 Å². The molecule has 8 nitrogen and oxygen atoms in total. The van der Waals surface area contributed by atoms with E-state index in [0.29, 0.717) is 32.7 Å². The van der Waals surface area contributed by atoms with Crippen molar-refractivity contribution in [3.63, 3.8) is 0 Å². The molecule has 0 N–H and O–H groups in total. The fourth-order valence-electron chi connectivity index (χ4n) is 4.15. The molecule has 0 bridgehead atoms. The predicted molar refractivity (Wildman–Crippen MR) is 114 cm³/mol. The lowest BCUT2D eigenvalue weighted by molar-refractivity contribution is -0.384. The molecule has 0 saturated carbocycles. The Morgan fingerprint density at radius 3 is 2.37 bits per heavy atom. The fourth-order valence-corrected chi connectivity index (χ4v) is 4.15. The molecule has 0 aliphatic carbocycles. The third kappa shape index (κ3) is 3.98. The van der Waals surface area contributed by atoms with Gasteiger partial charge in [-0.15, -0.1) is 0 Å². The van der Waals surface area contributed by atoms with Crippen LogP contribution in [0.15, 0.2) is 48.5 Å². The van der Waals surface area contributed by atoms with Crippen molar-refractivity contribution in [2.45, 2.75) is 13.3 Å². The van der Waals surface area contributed by atoms with E-state index in [4.69, 9.17) is 0 Å². The van der Waals surface area contributed by atoms with Gasteiger partial charge in [-0.1, -0.05) is 12.1 Å². The molecule has 1 atom stereocenters. The molecule has 4 rings (SSSR count). The van der Waals surface area contributed by atoms with Crippen LogP contribution in [0.3, 0.4) is 0 Å². The maximum absolute atomic E-state index is 13.0. The topological polar surface area (TPSA) is 87.0 Å². The molecular weight excluding hydrogens is 384 g/mol. The Morgan fingerprint density at radius 2 is 1.73 bits per heavy atom. The first-order valence-corrected chi connectivity index (χ1v) is 10.1. The second kappa shape index (κ2) is 8.14. The van der Waals surface area contributed by atoms with E-state index >= 15 is 0 Å². The van der Waals surface area contributed by atoms with Crippen LogP contribution >= 0.6 is 0 Å². The molecule has 2 aliphatic rings. The molecule has 30 heavy (non-hydrogen) atoms. The number of hydrogen-bond donors (Lipinski definition) is 0. The average molecular weight is 408 g/mol. The first kappa shape index (κ1) is 19.9. The molecule has 156 valence electrons. The number of hydrogen-bond acceptors (Lipinski definition) is 5. The first-order valence-electron chi connectivity index (χ1n) is 10.1. The maximum Gasteiger partial charge on any atom is 0.269 e. The third-order valence-electron chi connectivity index (χ3n) is 5.80. The number of nitro benzene ring substituents is 1. The summed E-state index contributed by atoms with van der Waals surface area (Å²) in [6, 6.07) is 14.2. The minimum Gasteiger partial charge on any atom is -0.368 e. The zero-order valence-corrected chi connectivity index (χ0v) is 16.9. The monoisotopic (exact) mass is 408 g/mol. The van der Waals surface area contributed by atoms with Crippen LogP contribution < -0.4 is 9.80 Å². The van der Waals surface area contributed by atoms with E-state index in [2.05, 4.69) is 4.90 Å². The average Bonchev–Trinajstić information content (AvgIpc) is 3.15. The molecule has 2 fully saturated rings. The zero-order chi connectivity index (χ0) is 21.3. The quantitative estimate of drug-likeness (QED) is 0.573. The second-order valence-corrected chi connectivity index (χ2v) is 7.83. The Morgan fingerprint density at radius 1 is 1.03 bits per heavy atom. The zero-order valence-electron chi connectivity index (χ0n) is 16.9. The van der Waals surface area contributed by atoms with Crippen molar-refractivity contribution in [2.24, 2.45) is 5.92 Å². The third-order valence-corrected chi connectivity index (χ3v) is 5.80. The predicted octanol–water partition coefficient (Wildman–Crippen LogP) is 2.60. The molecule has 2 aromatic rings. The van der Waals surface area contributed by atoms with Crippen LogP contribution in [-0.2, 0) is 9.59 Å². The highest BCUT2D eigenvalue weighted by atomic mass is 16.6. The van der Waals surface area contributed by atoms with Crippen molar-refractivity contribution in [2.75, 3.05) is 42.5 Å². The van der Waals surface area contributed by atoms with Crippen LogP contribution in [0.2, 0.25) is 0 Å². The van der Waals surface area contributed by atoms with Crippen molar-refractivity contribution >= 4 is 28.9 Å². The van der Waals surface area contributed by atoms with Crippen LogP contribution in [0, 0.1) is 23.0 Å². The largest absolute Gasteiger partial charge is 0.368 e. The normalized spacial score (nSPS) is 19.3. The van der Waals surface area contributed by atoms with Gasteiger partial charge in [0, 0.05) is 62.7 Å². The van der Waals surface area contributed by atoms with Gasteiger partial charge in [0.2, 0.25) is 11.8 Å². The molecule has 8 heteroatoms. The van der Waals surface area contributed by atoms with Gasteiger partial charge >= 0.3 is 0 Å². The Balaban J connectivity index is 1.35. The summed E-state index contributed by atoms with van der Waals surface area (Å²) < 4.78 is 0. The lowest BCUT2D eigenvalue weighted by atomic mass is 10.1. The summed E-state index contributed by atoms with van der Waals surface area (Å²) in [4.78, 5) is 41.6. The first-order chi connectivity index (χ1) is 14.4. The van der Waals surface area contributed by atoms with Crippen LogP contribution in [0.1, 0.15) is 12.0 Å². The van der Waals surface area contributed by atoms with Gasteiger partial charge in [0.15, 0.2) is 0 Å². The summed E-state index contributed by atoms with van der Waals surface area (Å²) in [7, 11) is 0. The summed E-state index contributed by atoms with van der Waals surface area (Å²) in [6.45, 7) is 4.87. The highest BCUT2D eigenvalue weighted by Gasteiger charge is 2.38. The smallest absolute Gasteiger partial charge is 0.269 e. The van der Waals surface area contributed by atoms with E-state index in [0.717, 1.165) is 16.9 Å². The van der Waals surface area contributed by atoms with Gasteiger partial charge in [0.1, 0.15) is 0 Å². The highest BCUT2D eigenvalue weighted by molar-refractivity contribution is 6.00. The number of non-ortho nitro benzene ring substituents is 1. The molecule has 1 unspecified atom stereocenters. The summed E-state index contributed by atoms with van der Waals surface area (Å²) in [5.41, 5.74) is 2.90. The van der Waals surface area contributed by atoms with Crippen LogP contribution in [0.25, 0.3) is 0 Å². The molecular formula is C22H24N4O4. The molecule has 0 spiro atoms. The number of carbonyl (C=O) groups excluding carboxylic acids is 2. The standard InChI is InChI=1S/C22H24N4O4/c1-16-3-2-4-20(13-16)25-15-17(14-21(25)27)22(28)24-11-9-23(10-12-24)18-5-7-19(8-6-18)26(29)30/h2-8,13,17H,9-12,14-15H2,1H3. The van der Waals surface area contributed by atoms with Crippen molar-refractivity contribution in [1.82, 2.24) is 4.90 Å². The second-order valence-electron chi connectivity index (χ2n) is 7.83. The van der Waals surface area contributed by atoms with Gasteiger partial charge in [-0.2, -0.15) is 0 Å². The number of anilines is 2. The molecule has 2 amide bonds. The van der Waals surface area contributed by atoms with Crippen molar-refractivity contribution in [3.05, 3.63) is 64.2 Å². The van der Waals surface area contributed by atoms with E-state index < -0.39 is 4.92 Å². The lowest BCUT2D eigenvalue weighted by Gasteiger charge is -2.37. The Kier molecular flexibility index (Phi) is 5.39. The Hall–Kier alpha value is -3.42. The van der Waals surface area contributed by atoms with Crippen LogP contribution in [0.4, 0.5) is 17.1 Å². The van der Waals surface area contributed by atoms with Gasteiger partial charge in [-0.05, 0) is 36.8 Å². The van der Waals surface area contributed by atoms with E-state index in [-0.39, 0.29) is 29.8 Å². The molecule has 2 aromatic carbocycles. The number of amides is 2. The Bertz CT molecular complexity index is 967. The van der Waals surface area contributed by atoms with Gasteiger partial charge in [-0.3, -0.25) is 19.7 Å². The maximum atomic E-state index is 13.0. The van der Waals surface area contributed by atoms with E-state index in [1.54, 1.807) is 17.0 Å². The van der Waals surface area contributed by atoms with Crippen molar-refractivity contribution in [3.8, 4) is 0 Å². The number of piperazine rings is 1. The number of nitro groups is 1. The van der Waals surface area contributed by atoms with Crippen molar-refractivity contribution < 1.29 is 14.5 Å². The number of benzene rings is 2. The summed E-state index contributed by atoms with van der Waals surface area (Å²) >= 11 is 0. The van der Waals surface area contributed by atoms with E-state index in [9.17, 15) is 19.7 Å². The minimum atomic E-state index is -0.413. The molecule has 2 heterocycles. The fraction of sp³-hybridized carbons (Fsp3) is 0.364. The van der Waals surface area contributed by atoms with E-state index in [1.807, 2.05) is 36.1 Å². The summed E-state index contributed by atoms with van der Waals surface area (Å²) in [6.07, 6.45) is 0.245. The number of aryl methyl sites for hydroxylation is 1.